The molecule has 0 amide bonds. The van der Waals surface area contributed by atoms with Gasteiger partial charge >= 0.3 is 11.9 Å². The van der Waals surface area contributed by atoms with Crippen molar-refractivity contribution in [3.05, 3.63) is 0 Å². The van der Waals surface area contributed by atoms with E-state index in [0.717, 1.165) is 51.5 Å². The summed E-state index contributed by atoms with van der Waals surface area (Å²) in [7, 11) is 0. The van der Waals surface area contributed by atoms with Gasteiger partial charge in [-0.2, -0.15) is 0 Å². The molecular formula is C18H27NO4. The quantitative estimate of drug-likeness (QED) is 0.694. The Morgan fingerprint density at radius 2 is 1.91 bits per heavy atom. The third kappa shape index (κ3) is 2.39. The highest BCUT2D eigenvalue weighted by Gasteiger charge is 2.57. The van der Waals surface area contributed by atoms with Gasteiger partial charge in [-0.05, 0) is 45.1 Å². The second-order valence-electron chi connectivity index (χ2n) is 8.06. The molecule has 0 bridgehead atoms. The highest BCUT2D eigenvalue weighted by molar-refractivity contribution is 5.75. The summed E-state index contributed by atoms with van der Waals surface area (Å²) >= 11 is 0. The topological polar surface area (TPSA) is 55.8 Å². The van der Waals surface area contributed by atoms with Gasteiger partial charge in [-0.15, -0.1) is 0 Å². The fourth-order valence-corrected chi connectivity index (χ4v) is 5.36. The summed E-state index contributed by atoms with van der Waals surface area (Å²) in [6.45, 7) is 4.98. The average molecular weight is 321 g/mol. The van der Waals surface area contributed by atoms with E-state index in [1.807, 2.05) is 13.8 Å². The predicted octanol–water partition coefficient (Wildman–Crippen LogP) is 2.28. The standard InChI is InChI=1S/C18H27NO4/c1-11-9-14(22-16(11)20)13-5-6-15-18(7-3-4-8-19(13)15)10-12(2)17(21)23-18/h11-15H,3-10H2,1-2H3/t11-,12-,13+,14+,15+,18+/m1/s1. The molecule has 0 saturated carbocycles. The molecule has 6 atom stereocenters. The molecule has 4 aliphatic rings. The van der Waals surface area contributed by atoms with Gasteiger partial charge < -0.3 is 9.47 Å². The fourth-order valence-electron chi connectivity index (χ4n) is 5.36. The molecule has 0 aromatic heterocycles. The van der Waals surface area contributed by atoms with E-state index in [1.54, 1.807) is 0 Å². The van der Waals surface area contributed by atoms with Crippen molar-refractivity contribution in [3.8, 4) is 0 Å². The Balaban J connectivity index is 1.57. The van der Waals surface area contributed by atoms with E-state index < -0.39 is 0 Å². The second kappa shape index (κ2) is 5.47. The van der Waals surface area contributed by atoms with E-state index in [0.29, 0.717) is 12.1 Å². The summed E-state index contributed by atoms with van der Waals surface area (Å²) in [4.78, 5) is 26.4. The molecule has 0 N–H and O–H groups in total. The van der Waals surface area contributed by atoms with Crippen molar-refractivity contribution < 1.29 is 19.1 Å². The first-order valence-electron chi connectivity index (χ1n) is 9.19. The molecule has 0 radical (unpaired) electrons. The summed E-state index contributed by atoms with van der Waals surface area (Å²) in [5.74, 6) is -0.0530. The lowest BCUT2D eigenvalue weighted by Gasteiger charge is -2.39. The number of nitrogens with zero attached hydrogens (tertiary/aromatic N) is 1. The van der Waals surface area contributed by atoms with Crippen molar-refractivity contribution >= 4 is 11.9 Å². The average Bonchev–Trinajstić information content (AvgIpc) is 3.11. The monoisotopic (exact) mass is 321 g/mol. The van der Waals surface area contributed by atoms with Crippen LogP contribution >= 0.6 is 0 Å². The Morgan fingerprint density at radius 3 is 2.57 bits per heavy atom. The van der Waals surface area contributed by atoms with Gasteiger partial charge in [-0.3, -0.25) is 14.5 Å². The molecule has 0 aromatic carbocycles. The summed E-state index contributed by atoms with van der Waals surface area (Å²) in [5.41, 5.74) is -0.296. The van der Waals surface area contributed by atoms with Crippen molar-refractivity contribution in [3.63, 3.8) is 0 Å². The molecule has 4 fully saturated rings. The third-order valence-corrected chi connectivity index (χ3v) is 6.48. The van der Waals surface area contributed by atoms with Gasteiger partial charge in [0.1, 0.15) is 11.7 Å². The Labute approximate surface area is 137 Å². The summed E-state index contributed by atoms with van der Waals surface area (Å²) in [6, 6.07) is 0.608. The van der Waals surface area contributed by atoms with Crippen molar-refractivity contribution in [1.29, 1.82) is 0 Å². The minimum atomic E-state index is -0.296. The molecule has 5 heteroatoms. The summed E-state index contributed by atoms with van der Waals surface area (Å²) < 4.78 is 11.6. The maximum Gasteiger partial charge on any atom is 0.309 e. The van der Waals surface area contributed by atoms with Gasteiger partial charge in [0.05, 0.1) is 17.9 Å². The van der Waals surface area contributed by atoms with E-state index in [2.05, 4.69) is 4.90 Å². The van der Waals surface area contributed by atoms with Crippen LogP contribution in [0.2, 0.25) is 0 Å². The van der Waals surface area contributed by atoms with Crippen LogP contribution in [-0.2, 0) is 19.1 Å². The highest BCUT2D eigenvalue weighted by Crippen LogP contribution is 2.48. The molecule has 4 rings (SSSR count). The van der Waals surface area contributed by atoms with Gasteiger partial charge in [0, 0.05) is 12.5 Å². The van der Waals surface area contributed by atoms with Gasteiger partial charge in [0.15, 0.2) is 0 Å². The van der Waals surface area contributed by atoms with Crippen LogP contribution in [-0.4, -0.2) is 47.2 Å². The van der Waals surface area contributed by atoms with Crippen LogP contribution in [0.3, 0.4) is 0 Å². The van der Waals surface area contributed by atoms with Crippen molar-refractivity contribution in [2.24, 2.45) is 11.8 Å². The first-order chi connectivity index (χ1) is 11.0. The molecule has 128 valence electrons. The summed E-state index contributed by atoms with van der Waals surface area (Å²) in [6.07, 6.45) is 7.02. The minimum Gasteiger partial charge on any atom is -0.460 e. The van der Waals surface area contributed by atoms with Crippen LogP contribution in [0.4, 0.5) is 0 Å². The van der Waals surface area contributed by atoms with Crippen LogP contribution in [0.25, 0.3) is 0 Å². The van der Waals surface area contributed by atoms with Crippen molar-refractivity contribution in [2.75, 3.05) is 6.54 Å². The zero-order chi connectivity index (χ0) is 16.2. The number of carbonyl (C=O) groups is 2. The molecule has 0 aliphatic carbocycles. The number of esters is 2. The maximum absolute atomic E-state index is 12.1. The highest BCUT2D eigenvalue weighted by atomic mass is 16.6. The minimum absolute atomic E-state index is 0.0123. The van der Waals surface area contributed by atoms with Crippen LogP contribution in [0, 0.1) is 11.8 Å². The smallest absolute Gasteiger partial charge is 0.309 e. The summed E-state index contributed by atoms with van der Waals surface area (Å²) in [5, 5.41) is 0. The molecule has 4 saturated heterocycles. The Bertz CT molecular complexity index is 521. The number of rotatable bonds is 1. The molecule has 1 spiro atoms. The molecule has 5 nitrogen and oxygen atoms in total. The fraction of sp³-hybridized carbons (Fsp3) is 0.889. The van der Waals surface area contributed by atoms with Gasteiger partial charge in [-0.1, -0.05) is 13.8 Å². The van der Waals surface area contributed by atoms with Gasteiger partial charge in [-0.25, -0.2) is 0 Å². The van der Waals surface area contributed by atoms with Crippen LogP contribution < -0.4 is 0 Å². The third-order valence-electron chi connectivity index (χ3n) is 6.48. The molecule has 0 unspecified atom stereocenters. The molecule has 4 aliphatic heterocycles. The van der Waals surface area contributed by atoms with Crippen molar-refractivity contribution in [1.82, 2.24) is 4.90 Å². The van der Waals surface area contributed by atoms with E-state index in [9.17, 15) is 9.59 Å². The first-order valence-corrected chi connectivity index (χ1v) is 9.19. The SMILES string of the molecule is C[C@@H]1C[C@@H]([C@@H]2CC[C@@H]3N2CCCC[C@]32C[C@@H](C)C(=O)O2)OC1=O. The number of fused-ring (bicyclic) bond motifs is 2. The zero-order valence-electron chi connectivity index (χ0n) is 14.1. The Morgan fingerprint density at radius 1 is 1.09 bits per heavy atom. The lowest BCUT2D eigenvalue weighted by Crippen LogP contribution is -2.52. The molecule has 23 heavy (non-hydrogen) atoms. The molecule has 0 aromatic rings. The normalized spacial score (nSPS) is 47.5. The Hall–Kier alpha value is -1.10. The van der Waals surface area contributed by atoms with Crippen molar-refractivity contribution in [2.45, 2.75) is 82.6 Å². The van der Waals surface area contributed by atoms with E-state index in [4.69, 9.17) is 9.47 Å². The lowest BCUT2D eigenvalue weighted by molar-refractivity contribution is -0.156. The lowest BCUT2D eigenvalue weighted by atomic mass is 9.83. The van der Waals surface area contributed by atoms with Gasteiger partial charge in [0.2, 0.25) is 0 Å². The predicted molar refractivity (Wildman–Crippen MR) is 83.6 cm³/mol. The zero-order valence-corrected chi connectivity index (χ0v) is 14.1. The van der Waals surface area contributed by atoms with E-state index in [-0.39, 0.29) is 35.5 Å². The number of hydrogen-bond donors (Lipinski definition) is 0. The molecule has 4 heterocycles. The van der Waals surface area contributed by atoms with Gasteiger partial charge in [0.25, 0.3) is 0 Å². The number of cyclic esters (lactones) is 1. The number of hydrogen-bond acceptors (Lipinski definition) is 5. The maximum atomic E-state index is 12.1. The van der Waals surface area contributed by atoms with Crippen LogP contribution in [0.1, 0.15) is 58.8 Å². The number of ether oxygens (including phenoxy) is 2. The first kappa shape index (κ1) is 15.4. The van der Waals surface area contributed by atoms with E-state index >= 15 is 0 Å². The van der Waals surface area contributed by atoms with Crippen LogP contribution in [0.5, 0.6) is 0 Å². The molecular weight excluding hydrogens is 294 g/mol. The largest absolute Gasteiger partial charge is 0.460 e. The Kier molecular flexibility index (Phi) is 3.67. The van der Waals surface area contributed by atoms with E-state index in [1.165, 1.54) is 0 Å². The van der Waals surface area contributed by atoms with Crippen LogP contribution in [0.15, 0.2) is 0 Å². The second-order valence-corrected chi connectivity index (χ2v) is 8.06. The number of carbonyl (C=O) groups excluding carboxylic acids is 2.